The van der Waals surface area contributed by atoms with E-state index in [9.17, 15) is 18.0 Å². The third-order valence-electron chi connectivity index (χ3n) is 5.12. The molecule has 0 aromatic heterocycles. The number of hydrogen-bond acceptors (Lipinski definition) is 5. The highest BCUT2D eigenvalue weighted by Gasteiger charge is 2.34. The van der Waals surface area contributed by atoms with Crippen molar-refractivity contribution in [2.75, 3.05) is 23.3 Å². The number of amides is 1. The predicted octanol–water partition coefficient (Wildman–Crippen LogP) is 3.92. The van der Waals surface area contributed by atoms with Crippen molar-refractivity contribution in [2.24, 2.45) is 0 Å². The molecule has 3 aromatic carbocycles. The first-order valence-corrected chi connectivity index (χ1v) is 11.1. The van der Waals surface area contributed by atoms with Gasteiger partial charge in [-0.15, -0.1) is 0 Å². The van der Waals surface area contributed by atoms with Gasteiger partial charge in [-0.2, -0.15) is 0 Å². The molecule has 3 aromatic rings. The largest absolute Gasteiger partial charge is 0.465 e. The summed E-state index contributed by atoms with van der Waals surface area (Å²) in [6.45, 7) is 2.05. The minimum Gasteiger partial charge on any atom is -0.465 e. The van der Waals surface area contributed by atoms with Crippen molar-refractivity contribution in [3.05, 3.63) is 77.9 Å². The van der Waals surface area contributed by atoms with Crippen LogP contribution in [0.1, 0.15) is 27.6 Å². The lowest BCUT2D eigenvalue weighted by atomic mass is 10.00. The molecule has 158 valence electrons. The van der Waals surface area contributed by atoms with Crippen LogP contribution in [-0.4, -0.2) is 33.9 Å². The standard InChI is InChI=1S/C23H20N2O5S/c1-3-25-20-13-10-16(14-19(20)18-6-4-5-7-21(18)31(25,28)29)22(26)24-17-11-8-15(9-12-17)23(27)30-2/h4-14H,3H2,1-2H3,(H,24,26). The monoisotopic (exact) mass is 436 g/mol. The molecule has 0 spiro atoms. The Balaban J connectivity index is 1.69. The summed E-state index contributed by atoms with van der Waals surface area (Å²) in [6, 6.07) is 18.1. The van der Waals surface area contributed by atoms with E-state index in [0.29, 0.717) is 33.6 Å². The van der Waals surface area contributed by atoms with Crippen molar-refractivity contribution in [1.29, 1.82) is 0 Å². The lowest BCUT2D eigenvalue weighted by molar-refractivity contribution is 0.0600. The lowest BCUT2D eigenvalue weighted by Crippen LogP contribution is -2.34. The Morgan fingerprint density at radius 2 is 1.61 bits per heavy atom. The van der Waals surface area contributed by atoms with Crippen LogP contribution in [0.2, 0.25) is 0 Å². The summed E-state index contributed by atoms with van der Waals surface area (Å²) in [5.74, 6) is -0.802. The molecule has 1 heterocycles. The number of rotatable bonds is 4. The zero-order valence-corrected chi connectivity index (χ0v) is 17.8. The third kappa shape index (κ3) is 3.55. The number of sulfonamides is 1. The van der Waals surface area contributed by atoms with Crippen molar-refractivity contribution in [2.45, 2.75) is 11.8 Å². The molecule has 0 unspecified atom stereocenters. The molecule has 0 bridgehead atoms. The van der Waals surface area contributed by atoms with E-state index in [1.54, 1.807) is 73.7 Å². The quantitative estimate of drug-likeness (QED) is 0.626. The van der Waals surface area contributed by atoms with Crippen LogP contribution in [0.3, 0.4) is 0 Å². The number of carbonyl (C=O) groups excluding carboxylic acids is 2. The average molecular weight is 436 g/mol. The molecule has 7 nitrogen and oxygen atoms in total. The molecule has 31 heavy (non-hydrogen) atoms. The number of hydrogen-bond donors (Lipinski definition) is 1. The van der Waals surface area contributed by atoms with E-state index >= 15 is 0 Å². The molecule has 0 saturated heterocycles. The van der Waals surface area contributed by atoms with Crippen LogP contribution in [0.4, 0.5) is 11.4 Å². The normalized spacial score (nSPS) is 13.7. The Morgan fingerprint density at radius 3 is 2.29 bits per heavy atom. The Labute approximate surface area is 180 Å². The van der Waals surface area contributed by atoms with Gasteiger partial charge in [0.25, 0.3) is 15.9 Å². The summed E-state index contributed by atoms with van der Waals surface area (Å²) in [5, 5.41) is 2.79. The number of nitrogens with one attached hydrogen (secondary N) is 1. The van der Waals surface area contributed by atoms with E-state index in [4.69, 9.17) is 0 Å². The van der Waals surface area contributed by atoms with Gasteiger partial charge in [-0.3, -0.25) is 9.10 Å². The van der Waals surface area contributed by atoms with Gasteiger partial charge in [0.2, 0.25) is 0 Å². The summed E-state index contributed by atoms with van der Waals surface area (Å²) in [6.07, 6.45) is 0. The Kier molecular flexibility index (Phi) is 5.24. The Bertz CT molecular complexity index is 1280. The second-order valence-electron chi connectivity index (χ2n) is 6.92. The summed E-state index contributed by atoms with van der Waals surface area (Å²) in [7, 11) is -2.34. The van der Waals surface area contributed by atoms with Crippen molar-refractivity contribution < 1.29 is 22.7 Å². The van der Waals surface area contributed by atoms with E-state index in [0.717, 1.165) is 0 Å². The van der Waals surface area contributed by atoms with Crippen LogP contribution in [0.5, 0.6) is 0 Å². The fourth-order valence-corrected chi connectivity index (χ4v) is 5.33. The topological polar surface area (TPSA) is 92.8 Å². The Morgan fingerprint density at radius 1 is 0.935 bits per heavy atom. The highest BCUT2D eigenvalue weighted by molar-refractivity contribution is 7.93. The van der Waals surface area contributed by atoms with Crippen LogP contribution in [0, 0.1) is 0 Å². The van der Waals surface area contributed by atoms with Crippen LogP contribution in [-0.2, 0) is 14.8 Å². The van der Waals surface area contributed by atoms with Crippen LogP contribution < -0.4 is 9.62 Å². The second kappa shape index (κ2) is 7.88. The Hall–Kier alpha value is -3.65. The summed E-state index contributed by atoms with van der Waals surface area (Å²) >= 11 is 0. The van der Waals surface area contributed by atoms with E-state index in [-0.39, 0.29) is 17.3 Å². The van der Waals surface area contributed by atoms with Crippen molar-refractivity contribution in [3.63, 3.8) is 0 Å². The van der Waals surface area contributed by atoms with E-state index in [1.807, 2.05) is 0 Å². The first kappa shape index (κ1) is 20.6. The summed E-state index contributed by atoms with van der Waals surface area (Å²) in [5.41, 5.74) is 3.08. The zero-order chi connectivity index (χ0) is 22.2. The number of methoxy groups -OCH3 is 1. The maximum Gasteiger partial charge on any atom is 0.337 e. The first-order valence-electron chi connectivity index (χ1n) is 9.62. The number of nitrogens with zero attached hydrogens (tertiary/aromatic N) is 1. The molecular formula is C23H20N2O5S. The van der Waals surface area contributed by atoms with Crippen LogP contribution in [0.15, 0.2) is 71.6 Å². The van der Waals surface area contributed by atoms with Crippen LogP contribution >= 0.6 is 0 Å². The molecule has 0 fully saturated rings. The van der Waals surface area contributed by atoms with Crippen LogP contribution in [0.25, 0.3) is 11.1 Å². The smallest absolute Gasteiger partial charge is 0.337 e. The molecule has 0 aliphatic carbocycles. The maximum absolute atomic E-state index is 13.0. The SMILES string of the molecule is CCN1c2ccc(C(=O)Nc3ccc(C(=O)OC)cc3)cc2-c2ccccc2S1(=O)=O. The first-order chi connectivity index (χ1) is 14.9. The summed E-state index contributed by atoms with van der Waals surface area (Å²) in [4.78, 5) is 24.6. The molecule has 1 aliphatic rings. The zero-order valence-electron chi connectivity index (χ0n) is 17.0. The second-order valence-corrected chi connectivity index (χ2v) is 8.75. The number of esters is 1. The van der Waals surface area contributed by atoms with Crippen molar-refractivity contribution >= 4 is 33.3 Å². The molecule has 1 N–H and O–H groups in total. The molecule has 0 saturated carbocycles. The highest BCUT2D eigenvalue weighted by atomic mass is 32.2. The fourth-order valence-electron chi connectivity index (χ4n) is 3.62. The van der Waals surface area contributed by atoms with Crippen molar-refractivity contribution in [1.82, 2.24) is 0 Å². The minimum atomic E-state index is -3.65. The van der Waals surface area contributed by atoms with Gasteiger partial charge < -0.3 is 10.1 Å². The number of ether oxygens (including phenoxy) is 1. The number of anilines is 2. The number of benzene rings is 3. The predicted molar refractivity (Wildman–Crippen MR) is 118 cm³/mol. The van der Waals surface area contributed by atoms with E-state index in [1.165, 1.54) is 11.4 Å². The molecule has 8 heteroatoms. The molecular weight excluding hydrogens is 416 g/mol. The number of fused-ring (bicyclic) bond motifs is 3. The summed E-state index contributed by atoms with van der Waals surface area (Å²) < 4.78 is 32.0. The van der Waals surface area contributed by atoms with Gasteiger partial charge in [0, 0.05) is 28.9 Å². The van der Waals surface area contributed by atoms with E-state index < -0.39 is 16.0 Å². The van der Waals surface area contributed by atoms with Gasteiger partial charge in [0.05, 0.1) is 23.3 Å². The van der Waals surface area contributed by atoms with Gasteiger partial charge in [0.1, 0.15) is 0 Å². The third-order valence-corrected chi connectivity index (χ3v) is 7.07. The average Bonchev–Trinajstić information content (AvgIpc) is 2.79. The fraction of sp³-hybridized carbons (Fsp3) is 0.130. The molecule has 1 aliphatic heterocycles. The highest BCUT2D eigenvalue weighted by Crippen LogP contribution is 2.43. The van der Waals surface area contributed by atoms with Gasteiger partial charge in [0.15, 0.2) is 0 Å². The molecule has 0 radical (unpaired) electrons. The van der Waals surface area contributed by atoms with Gasteiger partial charge in [-0.25, -0.2) is 13.2 Å². The van der Waals surface area contributed by atoms with E-state index in [2.05, 4.69) is 10.1 Å². The minimum absolute atomic E-state index is 0.223. The van der Waals surface area contributed by atoms with Gasteiger partial charge in [-0.05, 0) is 55.5 Å². The number of carbonyl (C=O) groups is 2. The lowest BCUT2D eigenvalue weighted by Gasteiger charge is -2.31. The molecule has 1 amide bonds. The molecule has 0 atom stereocenters. The van der Waals surface area contributed by atoms with Gasteiger partial charge >= 0.3 is 5.97 Å². The molecule has 4 rings (SSSR count). The van der Waals surface area contributed by atoms with Gasteiger partial charge in [-0.1, -0.05) is 18.2 Å². The van der Waals surface area contributed by atoms with Crippen molar-refractivity contribution in [3.8, 4) is 11.1 Å². The maximum atomic E-state index is 13.0.